The van der Waals surface area contributed by atoms with E-state index in [1.54, 1.807) is 7.05 Å². The standard InChI is InChI=1S/C11H23NO2S/c1-4-8-15-9-6-7-11(5-2,12-3)10(13)14/h12H,4-9H2,1-3H3,(H,13,14). The van der Waals surface area contributed by atoms with Gasteiger partial charge in [0.05, 0.1) is 0 Å². The average Bonchev–Trinajstić information content (AvgIpc) is 2.23. The van der Waals surface area contributed by atoms with Crippen molar-refractivity contribution in [2.45, 2.75) is 45.1 Å². The van der Waals surface area contributed by atoms with Gasteiger partial charge in [-0.15, -0.1) is 0 Å². The molecule has 15 heavy (non-hydrogen) atoms. The molecule has 0 aromatic heterocycles. The lowest BCUT2D eigenvalue weighted by Gasteiger charge is -2.27. The third-order valence-electron chi connectivity index (χ3n) is 2.73. The van der Waals surface area contributed by atoms with Crippen molar-refractivity contribution in [3.63, 3.8) is 0 Å². The number of nitrogens with one attached hydrogen (secondary N) is 1. The highest BCUT2D eigenvalue weighted by Gasteiger charge is 2.33. The Hall–Kier alpha value is -0.220. The minimum absolute atomic E-state index is 0.636. The topological polar surface area (TPSA) is 49.3 Å². The molecule has 2 N–H and O–H groups in total. The number of hydrogen-bond donors (Lipinski definition) is 2. The van der Waals surface area contributed by atoms with Crippen molar-refractivity contribution in [1.29, 1.82) is 0 Å². The number of carbonyl (C=O) groups is 1. The second-order valence-corrected chi connectivity index (χ2v) is 4.93. The maximum atomic E-state index is 11.1. The van der Waals surface area contributed by atoms with Crippen molar-refractivity contribution in [3.8, 4) is 0 Å². The number of carboxylic acids is 1. The third-order valence-corrected chi connectivity index (χ3v) is 4.01. The summed E-state index contributed by atoms with van der Waals surface area (Å²) in [6.07, 6.45) is 3.50. The van der Waals surface area contributed by atoms with Gasteiger partial charge in [0.25, 0.3) is 0 Å². The highest BCUT2D eigenvalue weighted by molar-refractivity contribution is 7.99. The number of aliphatic carboxylic acids is 1. The molecule has 0 aromatic carbocycles. The number of carboxylic acid groups (broad SMARTS) is 1. The molecule has 0 radical (unpaired) electrons. The van der Waals surface area contributed by atoms with E-state index in [0.717, 1.165) is 12.2 Å². The van der Waals surface area contributed by atoms with Gasteiger partial charge in [-0.2, -0.15) is 11.8 Å². The number of likely N-dealkylation sites (N-methyl/N-ethyl adjacent to an activating group) is 1. The van der Waals surface area contributed by atoms with Crippen LogP contribution in [-0.2, 0) is 4.79 Å². The Bertz CT molecular complexity index is 181. The van der Waals surface area contributed by atoms with E-state index in [1.165, 1.54) is 12.2 Å². The van der Waals surface area contributed by atoms with E-state index in [2.05, 4.69) is 12.2 Å². The largest absolute Gasteiger partial charge is 0.480 e. The zero-order chi connectivity index (χ0) is 11.7. The Morgan fingerprint density at radius 2 is 2.07 bits per heavy atom. The first-order valence-corrected chi connectivity index (χ1v) is 6.78. The summed E-state index contributed by atoms with van der Waals surface area (Å²) < 4.78 is 0. The highest BCUT2D eigenvalue weighted by Crippen LogP contribution is 2.19. The molecule has 0 aliphatic rings. The van der Waals surface area contributed by atoms with Gasteiger partial charge in [0.15, 0.2) is 0 Å². The van der Waals surface area contributed by atoms with Crippen molar-refractivity contribution in [1.82, 2.24) is 5.32 Å². The van der Waals surface area contributed by atoms with Gasteiger partial charge in [0.2, 0.25) is 0 Å². The third kappa shape index (κ3) is 4.89. The van der Waals surface area contributed by atoms with E-state index in [0.29, 0.717) is 12.8 Å². The lowest BCUT2D eigenvalue weighted by Crippen LogP contribution is -2.49. The molecule has 4 heteroatoms. The molecule has 0 rings (SSSR count). The molecule has 0 fully saturated rings. The summed E-state index contributed by atoms with van der Waals surface area (Å²) in [6, 6.07) is 0. The molecule has 0 amide bonds. The first-order valence-electron chi connectivity index (χ1n) is 5.63. The molecule has 0 aliphatic carbocycles. The highest BCUT2D eigenvalue weighted by atomic mass is 32.2. The van der Waals surface area contributed by atoms with Crippen LogP contribution in [0, 0.1) is 0 Å². The molecule has 1 atom stereocenters. The summed E-state index contributed by atoms with van der Waals surface area (Å²) in [4.78, 5) is 11.1. The van der Waals surface area contributed by atoms with Gasteiger partial charge < -0.3 is 10.4 Å². The van der Waals surface area contributed by atoms with E-state index in [9.17, 15) is 4.79 Å². The van der Waals surface area contributed by atoms with Crippen molar-refractivity contribution >= 4 is 17.7 Å². The van der Waals surface area contributed by atoms with Crippen LogP contribution in [0.5, 0.6) is 0 Å². The summed E-state index contributed by atoms with van der Waals surface area (Å²) in [6.45, 7) is 4.08. The predicted molar refractivity (Wildman–Crippen MR) is 66.6 cm³/mol. The Labute approximate surface area is 97.0 Å². The molecule has 0 saturated carbocycles. The maximum absolute atomic E-state index is 11.1. The molecule has 0 aliphatic heterocycles. The summed E-state index contributed by atoms with van der Waals surface area (Å²) in [5, 5.41) is 12.1. The van der Waals surface area contributed by atoms with Crippen LogP contribution >= 0.6 is 11.8 Å². The van der Waals surface area contributed by atoms with Gasteiger partial charge in [-0.3, -0.25) is 4.79 Å². The molecule has 3 nitrogen and oxygen atoms in total. The smallest absolute Gasteiger partial charge is 0.323 e. The van der Waals surface area contributed by atoms with Crippen molar-refractivity contribution in [2.75, 3.05) is 18.6 Å². The Morgan fingerprint density at radius 3 is 2.47 bits per heavy atom. The van der Waals surface area contributed by atoms with E-state index >= 15 is 0 Å². The summed E-state index contributed by atoms with van der Waals surface area (Å²) >= 11 is 1.91. The predicted octanol–water partition coefficient (Wildman–Crippen LogP) is 2.36. The van der Waals surface area contributed by atoms with Gasteiger partial charge in [0.1, 0.15) is 5.54 Å². The quantitative estimate of drug-likeness (QED) is 0.600. The number of hydrogen-bond acceptors (Lipinski definition) is 3. The zero-order valence-corrected chi connectivity index (χ0v) is 10.8. The first kappa shape index (κ1) is 14.8. The van der Waals surface area contributed by atoms with Crippen LogP contribution in [0.4, 0.5) is 0 Å². The Kier molecular flexibility index (Phi) is 7.88. The van der Waals surface area contributed by atoms with Crippen LogP contribution < -0.4 is 5.32 Å². The molecule has 0 spiro atoms. The van der Waals surface area contributed by atoms with E-state index in [1.807, 2.05) is 18.7 Å². The SMILES string of the molecule is CCCSCCCC(CC)(NC)C(=O)O. The normalized spacial score (nSPS) is 14.9. The molecule has 1 unspecified atom stereocenters. The van der Waals surface area contributed by atoms with Gasteiger partial charge in [-0.1, -0.05) is 13.8 Å². The molecular formula is C11H23NO2S. The fraction of sp³-hybridized carbons (Fsp3) is 0.909. The molecule has 0 aromatic rings. The van der Waals surface area contributed by atoms with E-state index < -0.39 is 11.5 Å². The van der Waals surface area contributed by atoms with E-state index in [4.69, 9.17) is 5.11 Å². The van der Waals surface area contributed by atoms with Crippen LogP contribution in [0.15, 0.2) is 0 Å². The monoisotopic (exact) mass is 233 g/mol. The number of thioether (sulfide) groups is 1. The minimum atomic E-state index is -0.729. The second-order valence-electron chi connectivity index (χ2n) is 3.71. The first-order chi connectivity index (χ1) is 7.13. The molecule has 0 bridgehead atoms. The Balaban J connectivity index is 3.91. The van der Waals surface area contributed by atoms with Crippen LogP contribution in [0.2, 0.25) is 0 Å². The van der Waals surface area contributed by atoms with Crippen LogP contribution in [0.3, 0.4) is 0 Å². The second kappa shape index (κ2) is 7.99. The van der Waals surface area contributed by atoms with Crippen molar-refractivity contribution in [2.24, 2.45) is 0 Å². The van der Waals surface area contributed by atoms with Crippen LogP contribution in [0.25, 0.3) is 0 Å². The fourth-order valence-corrected chi connectivity index (χ4v) is 2.41. The molecular weight excluding hydrogens is 210 g/mol. The van der Waals surface area contributed by atoms with Crippen molar-refractivity contribution < 1.29 is 9.90 Å². The minimum Gasteiger partial charge on any atom is -0.480 e. The van der Waals surface area contributed by atoms with Crippen LogP contribution in [-0.4, -0.2) is 35.2 Å². The van der Waals surface area contributed by atoms with Gasteiger partial charge in [-0.05, 0) is 44.2 Å². The summed E-state index contributed by atoms with van der Waals surface area (Å²) in [5.74, 6) is 1.50. The fourth-order valence-electron chi connectivity index (χ4n) is 1.57. The van der Waals surface area contributed by atoms with Gasteiger partial charge >= 0.3 is 5.97 Å². The summed E-state index contributed by atoms with van der Waals surface area (Å²) in [7, 11) is 1.73. The number of rotatable bonds is 9. The maximum Gasteiger partial charge on any atom is 0.323 e. The zero-order valence-electron chi connectivity index (χ0n) is 10.0. The Morgan fingerprint density at radius 1 is 1.40 bits per heavy atom. The summed E-state index contributed by atoms with van der Waals surface area (Å²) in [5.41, 5.74) is -0.716. The molecule has 0 saturated heterocycles. The molecule has 90 valence electrons. The van der Waals surface area contributed by atoms with Crippen molar-refractivity contribution in [3.05, 3.63) is 0 Å². The van der Waals surface area contributed by atoms with Crippen LogP contribution in [0.1, 0.15) is 39.5 Å². The lowest BCUT2D eigenvalue weighted by atomic mass is 9.91. The van der Waals surface area contributed by atoms with Gasteiger partial charge in [-0.25, -0.2) is 0 Å². The lowest BCUT2D eigenvalue weighted by molar-refractivity contribution is -0.145. The van der Waals surface area contributed by atoms with E-state index in [-0.39, 0.29) is 0 Å². The molecule has 0 heterocycles. The average molecular weight is 233 g/mol. The van der Waals surface area contributed by atoms with Gasteiger partial charge in [0, 0.05) is 0 Å².